The number of imidazole rings is 1. The normalized spacial score (nSPS) is 15.3. The minimum absolute atomic E-state index is 0.335. The Kier molecular flexibility index (Phi) is 5.41. The highest BCUT2D eigenvalue weighted by molar-refractivity contribution is 6.30. The summed E-state index contributed by atoms with van der Waals surface area (Å²) >= 11 is 6.23. The minimum Gasteiger partial charge on any atom is -0.457 e. The summed E-state index contributed by atoms with van der Waals surface area (Å²) in [6.45, 7) is 2.63. The summed E-state index contributed by atoms with van der Waals surface area (Å²) in [6, 6.07) is 17.4. The van der Waals surface area contributed by atoms with E-state index in [1.807, 2.05) is 51.9 Å². The molecule has 2 aromatic heterocycles. The van der Waals surface area contributed by atoms with Crippen LogP contribution in [0.4, 0.5) is 4.39 Å². The van der Waals surface area contributed by atoms with Crippen LogP contribution in [0.1, 0.15) is 30.1 Å². The van der Waals surface area contributed by atoms with Gasteiger partial charge in [-0.05, 0) is 48.4 Å². The molecule has 1 aliphatic rings. The zero-order chi connectivity index (χ0) is 22.1. The highest BCUT2D eigenvalue weighted by Crippen LogP contribution is 2.32. The molecule has 5 rings (SSSR count). The lowest BCUT2D eigenvalue weighted by molar-refractivity contribution is 0.00194. The molecule has 8 heteroatoms. The third-order valence-corrected chi connectivity index (χ3v) is 5.47. The number of hydrogen-bond acceptors (Lipinski definition) is 5. The summed E-state index contributed by atoms with van der Waals surface area (Å²) in [5, 5.41) is 4.67. The molecule has 2 aromatic carbocycles. The van der Waals surface area contributed by atoms with Crippen LogP contribution in [0.25, 0.3) is 5.65 Å². The first-order chi connectivity index (χ1) is 15.6. The summed E-state index contributed by atoms with van der Waals surface area (Å²) < 4.78 is 21.1. The molecule has 0 saturated heterocycles. The van der Waals surface area contributed by atoms with Crippen LogP contribution in [0.3, 0.4) is 0 Å². The van der Waals surface area contributed by atoms with E-state index in [9.17, 15) is 4.39 Å². The van der Waals surface area contributed by atoms with E-state index in [2.05, 4.69) is 12.1 Å². The van der Waals surface area contributed by atoms with Crippen LogP contribution in [0, 0.1) is 5.82 Å². The molecule has 0 amide bonds. The fourth-order valence-corrected chi connectivity index (χ4v) is 3.91. The van der Waals surface area contributed by atoms with E-state index in [0.29, 0.717) is 23.1 Å². The molecule has 1 atom stereocenters. The van der Waals surface area contributed by atoms with Crippen LogP contribution in [0.15, 0.2) is 72.0 Å². The Morgan fingerprint density at radius 2 is 1.94 bits per heavy atom. The van der Waals surface area contributed by atoms with E-state index in [-0.39, 0.29) is 5.82 Å². The van der Waals surface area contributed by atoms with Gasteiger partial charge in [0, 0.05) is 18.8 Å². The first-order valence-electron chi connectivity index (χ1n) is 10.2. The summed E-state index contributed by atoms with van der Waals surface area (Å²) in [7, 11) is 0. The topological polar surface area (TPSA) is 51.4 Å². The van der Waals surface area contributed by atoms with Crippen molar-refractivity contribution >= 4 is 23.6 Å². The molecule has 0 radical (unpaired) electrons. The Balaban J connectivity index is 1.36. The maximum atomic E-state index is 13.4. The quantitative estimate of drug-likeness (QED) is 0.364. The van der Waals surface area contributed by atoms with Crippen LogP contribution in [0.2, 0.25) is 5.02 Å². The molecule has 0 N–H and O–H groups in total. The highest BCUT2D eigenvalue weighted by atomic mass is 35.5. The number of aromatic nitrogens is 2. The lowest BCUT2D eigenvalue weighted by atomic mass is 10.2. The van der Waals surface area contributed by atoms with Gasteiger partial charge in [-0.1, -0.05) is 41.9 Å². The summed E-state index contributed by atoms with van der Waals surface area (Å²) in [5.74, 6) is 0.752. The third-order valence-electron chi connectivity index (χ3n) is 5.24. The SMILES string of the molecule is CCc1nc2ccc(Cl)cn2c1C1ON=CN1Cc1ccc(Oc2cccc(F)c2)cc1. The number of ether oxygens (including phenoxy) is 1. The average molecular weight is 451 g/mol. The molecule has 0 spiro atoms. The van der Waals surface area contributed by atoms with Gasteiger partial charge in [0.2, 0.25) is 6.23 Å². The van der Waals surface area contributed by atoms with E-state index < -0.39 is 6.23 Å². The van der Waals surface area contributed by atoms with Gasteiger partial charge in [-0.2, -0.15) is 0 Å². The molecule has 4 aromatic rings. The standard InChI is InChI=1S/C24H20ClFN4O2/c1-2-21-23(30-14-17(25)8-11-22(30)28-21)24-29(15-27-32-24)13-16-6-9-19(10-7-16)31-20-5-3-4-18(26)12-20/h3-12,14-15,24H,2,13H2,1H3. The van der Waals surface area contributed by atoms with Crippen molar-refractivity contribution < 1.29 is 14.0 Å². The number of halogens is 2. The van der Waals surface area contributed by atoms with Crippen LogP contribution in [-0.2, 0) is 17.8 Å². The van der Waals surface area contributed by atoms with Crippen LogP contribution >= 0.6 is 11.6 Å². The van der Waals surface area contributed by atoms with Crippen molar-refractivity contribution in [3.05, 3.63) is 94.7 Å². The van der Waals surface area contributed by atoms with Gasteiger partial charge in [-0.15, -0.1) is 0 Å². The Morgan fingerprint density at radius 3 is 2.72 bits per heavy atom. The van der Waals surface area contributed by atoms with Crippen LogP contribution in [0.5, 0.6) is 11.5 Å². The molecule has 0 bridgehead atoms. The number of aryl methyl sites for hydroxylation is 1. The molecular formula is C24H20ClFN4O2. The maximum absolute atomic E-state index is 13.4. The molecule has 32 heavy (non-hydrogen) atoms. The van der Waals surface area contributed by atoms with Gasteiger partial charge in [0.15, 0.2) is 0 Å². The first-order valence-corrected chi connectivity index (χ1v) is 10.6. The van der Waals surface area contributed by atoms with Gasteiger partial charge in [0.05, 0.1) is 10.7 Å². The largest absolute Gasteiger partial charge is 0.457 e. The van der Waals surface area contributed by atoms with E-state index in [4.69, 9.17) is 26.2 Å². The number of hydrogen-bond donors (Lipinski definition) is 0. The van der Waals surface area contributed by atoms with E-state index >= 15 is 0 Å². The van der Waals surface area contributed by atoms with Crippen molar-refractivity contribution in [2.75, 3.05) is 0 Å². The van der Waals surface area contributed by atoms with Crippen molar-refractivity contribution in [3.8, 4) is 11.5 Å². The van der Waals surface area contributed by atoms with Crippen molar-refractivity contribution in [1.29, 1.82) is 0 Å². The van der Waals surface area contributed by atoms with Gasteiger partial charge in [-0.25, -0.2) is 9.37 Å². The molecule has 162 valence electrons. The Morgan fingerprint density at radius 1 is 1.09 bits per heavy atom. The van der Waals surface area contributed by atoms with Gasteiger partial charge in [-0.3, -0.25) is 4.40 Å². The molecule has 1 aliphatic heterocycles. The monoisotopic (exact) mass is 450 g/mol. The maximum Gasteiger partial charge on any atom is 0.244 e. The summed E-state index contributed by atoms with van der Waals surface area (Å²) in [4.78, 5) is 12.4. The predicted octanol–water partition coefficient (Wildman–Crippen LogP) is 5.96. The number of benzene rings is 2. The summed E-state index contributed by atoms with van der Waals surface area (Å²) in [5.41, 5.74) is 3.71. The summed E-state index contributed by atoms with van der Waals surface area (Å²) in [6.07, 6.45) is 3.87. The Labute approximate surface area is 189 Å². The minimum atomic E-state index is -0.415. The lowest BCUT2D eigenvalue weighted by Crippen LogP contribution is -2.25. The van der Waals surface area contributed by atoms with Crippen molar-refractivity contribution in [3.63, 3.8) is 0 Å². The predicted molar refractivity (Wildman–Crippen MR) is 120 cm³/mol. The molecule has 1 unspecified atom stereocenters. The van der Waals surface area contributed by atoms with Crippen molar-refractivity contribution in [2.45, 2.75) is 26.1 Å². The Bertz CT molecular complexity index is 1290. The molecular weight excluding hydrogens is 431 g/mol. The van der Waals surface area contributed by atoms with Gasteiger partial charge < -0.3 is 14.5 Å². The lowest BCUT2D eigenvalue weighted by Gasteiger charge is -2.22. The Hall–Kier alpha value is -3.58. The van der Waals surface area contributed by atoms with E-state index in [1.54, 1.807) is 18.5 Å². The number of rotatable bonds is 6. The third kappa shape index (κ3) is 3.99. The second-order valence-corrected chi connectivity index (χ2v) is 7.86. The van der Waals surface area contributed by atoms with E-state index in [1.165, 1.54) is 12.1 Å². The van der Waals surface area contributed by atoms with E-state index in [0.717, 1.165) is 29.0 Å². The highest BCUT2D eigenvalue weighted by Gasteiger charge is 2.30. The fourth-order valence-electron chi connectivity index (χ4n) is 3.74. The molecule has 3 heterocycles. The first kappa shape index (κ1) is 20.3. The molecule has 0 saturated carbocycles. The van der Waals surface area contributed by atoms with Gasteiger partial charge >= 0.3 is 0 Å². The molecule has 0 aliphatic carbocycles. The van der Waals surface area contributed by atoms with Crippen LogP contribution in [-0.4, -0.2) is 20.6 Å². The number of pyridine rings is 1. The van der Waals surface area contributed by atoms with Crippen LogP contribution < -0.4 is 4.74 Å². The molecule has 0 fully saturated rings. The average Bonchev–Trinajstić information content (AvgIpc) is 3.38. The zero-order valence-electron chi connectivity index (χ0n) is 17.3. The van der Waals surface area contributed by atoms with Gasteiger partial charge in [0.25, 0.3) is 0 Å². The van der Waals surface area contributed by atoms with Gasteiger partial charge in [0.1, 0.15) is 35.0 Å². The number of oxime groups is 1. The number of fused-ring (bicyclic) bond motifs is 1. The fraction of sp³-hybridized carbons (Fsp3) is 0.167. The molecule has 6 nitrogen and oxygen atoms in total. The zero-order valence-corrected chi connectivity index (χ0v) is 18.0. The second-order valence-electron chi connectivity index (χ2n) is 7.43. The number of nitrogens with zero attached hydrogens (tertiary/aromatic N) is 4. The van der Waals surface area contributed by atoms with Crippen molar-refractivity contribution in [1.82, 2.24) is 14.3 Å². The smallest absolute Gasteiger partial charge is 0.244 e. The second kappa shape index (κ2) is 8.51. The van der Waals surface area contributed by atoms with Crippen molar-refractivity contribution in [2.24, 2.45) is 5.16 Å².